The largest absolute Gasteiger partial charge is 0.353 e. The predicted molar refractivity (Wildman–Crippen MR) is 134 cm³/mol. The van der Waals surface area contributed by atoms with Gasteiger partial charge in [-0.05, 0) is 30.3 Å². The first-order valence-electron chi connectivity index (χ1n) is 12.2. The van der Waals surface area contributed by atoms with Crippen LogP contribution in [0.2, 0.25) is 0 Å². The third kappa shape index (κ3) is 4.80. The number of halogens is 3. The van der Waals surface area contributed by atoms with Crippen molar-refractivity contribution in [2.75, 3.05) is 41.3 Å². The quantitative estimate of drug-likeness (QED) is 0.398. The van der Waals surface area contributed by atoms with Crippen LogP contribution in [-0.2, 0) is 4.79 Å². The Morgan fingerprint density at radius 1 is 1.05 bits per heavy atom. The van der Waals surface area contributed by atoms with Gasteiger partial charge in [-0.1, -0.05) is 0 Å². The van der Waals surface area contributed by atoms with Gasteiger partial charge in [-0.25, -0.2) is 28.1 Å². The van der Waals surface area contributed by atoms with E-state index in [9.17, 15) is 22.8 Å². The summed E-state index contributed by atoms with van der Waals surface area (Å²) in [6, 6.07) is 5.58. The first-order valence-corrected chi connectivity index (χ1v) is 12.2. The van der Waals surface area contributed by atoms with E-state index in [1.165, 1.54) is 23.1 Å². The molecule has 0 saturated carbocycles. The minimum Gasteiger partial charge on any atom is -0.353 e. The Kier molecular flexibility index (Phi) is 6.21. The van der Waals surface area contributed by atoms with Crippen LogP contribution in [0.15, 0.2) is 48.9 Å². The molecular formula is C25H22F3N9O2. The lowest BCUT2D eigenvalue weighted by molar-refractivity contribution is -0.120. The van der Waals surface area contributed by atoms with Crippen molar-refractivity contribution in [3.63, 3.8) is 0 Å². The summed E-state index contributed by atoms with van der Waals surface area (Å²) in [5, 5.41) is 9.93. The van der Waals surface area contributed by atoms with E-state index in [-0.39, 0.29) is 42.5 Å². The highest BCUT2D eigenvalue weighted by atomic mass is 19.1. The van der Waals surface area contributed by atoms with Crippen LogP contribution in [0.1, 0.15) is 28.5 Å². The Morgan fingerprint density at radius 3 is 2.72 bits per heavy atom. The average Bonchev–Trinajstić information content (AvgIpc) is 3.52. The van der Waals surface area contributed by atoms with E-state index in [1.54, 1.807) is 21.9 Å². The fourth-order valence-electron chi connectivity index (χ4n) is 4.82. The summed E-state index contributed by atoms with van der Waals surface area (Å²) in [4.78, 5) is 40.5. The van der Waals surface area contributed by atoms with Crippen molar-refractivity contribution in [3.05, 3.63) is 71.8 Å². The van der Waals surface area contributed by atoms with Gasteiger partial charge < -0.3 is 20.4 Å². The Hall–Kier alpha value is -4.75. The number of piperazine rings is 1. The monoisotopic (exact) mass is 537 g/mol. The van der Waals surface area contributed by atoms with Crippen molar-refractivity contribution in [1.82, 2.24) is 29.9 Å². The maximum atomic E-state index is 14.5. The van der Waals surface area contributed by atoms with Crippen LogP contribution < -0.4 is 20.4 Å². The first kappa shape index (κ1) is 24.6. The highest BCUT2D eigenvalue weighted by Gasteiger charge is 2.36. The van der Waals surface area contributed by atoms with Crippen molar-refractivity contribution >= 4 is 34.9 Å². The summed E-state index contributed by atoms with van der Waals surface area (Å²) in [5.41, 5.74) is 0.486. The van der Waals surface area contributed by atoms with Gasteiger partial charge in [0.1, 0.15) is 35.1 Å². The van der Waals surface area contributed by atoms with Gasteiger partial charge in [0.15, 0.2) is 11.5 Å². The minimum atomic E-state index is -1.27. The van der Waals surface area contributed by atoms with E-state index in [0.717, 1.165) is 18.2 Å². The number of rotatable bonds is 5. The summed E-state index contributed by atoms with van der Waals surface area (Å²) in [5.74, 6) is -0.929. The number of hydrogen-bond acceptors (Lipinski definition) is 8. The van der Waals surface area contributed by atoms with Crippen LogP contribution in [0.5, 0.6) is 0 Å². The Balaban J connectivity index is 1.24. The number of fused-ring (bicyclic) bond motifs is 1. The van der Waals surface area contributed by atoms with Crippen molar-refractivity contribution in [2.45, 2.75) is 18.6 Å². The highest BCUT2D eigenvalue weighted by Crippen LogP contribution is 2.38. The van der Waals surface area contributed by atoms with Crippen molar-refractivity contribution < 1.29 is 22.8 Å². The molecule has 2 saturated heterocycles. The molecule has 11 nitrogen and oxygen atoms in total. The molecule has 3 aromatic heterocycles. The van der Waals surface area contributed by atoms with Gasteiger partial charge in [0.05, 0.1) is 37.7 Å². The third-order valence-corrected chi connectivity index (χ3v) is 6.68. The van der Waals surface area contributed by atoms with Crippen LogP contribution in [0.25, 0.3) is 5.65 Å². The van der Waals surface area contributed by atoms with E-state index in [2.05, 4.69) is 30.7 Å². The molecule has 6 rings (SSSR count). The summed E-state index contributed by atoms with van der Waals surface area (Å²) in [6.07, 6.45) is 2.85. The molecule has 39 heavy (non-hydrogen) atoms. The maximum Gasteiger partial charge on any atom is 0.277 e. The number of hydrogen-bond donors (Lipinski definition) is 2. The van der Waals surface area contributed by atoms with Crippen LogP contribution in [0.4, 0.5) is 30.6 Å². The number of nitrogens with one attached hydrogen (secondary N) is 2. The standard InChI is InChI=1S/C25H22F3N9O2/c26-14-1-2-17(28)16(7-14)19-8-15(27)12-36(19)21-4-3-20-32-11-23(37(20)34-21)33-25(39)18-9-31-22(10-30-18)35-6-5-29-24(38)13-35/h1-4,7,9-11,15,19H,5-6,8,12-13H2,(H,29,38)(H,33,39)/t15-,19+/m0/s1. The van der Waals surface area contributed by atoms with Gasteiger partial charge in [0.25, 0.3) is 5.91 Å². The fraction of sp³-hybridized carbons (Fsp3) is 0.280. The SMILES string of the molecule is O=C1CN(c2cnc(C(=O)Nc3cnc4ccc(N5C[C@@H](F)C[C@@H]5c5cc(F)ccc5F)nn34)cn2)CCN1. The topological polar surface area (TPSA) is 121 Å². The molecule has 1 aromatic carbocycles. The van der Waals surface area contributed by atoms with Crippen molar-refractivity contribution in [1.29, 1.82) is 0 Å². The fourth-order valence-corrected chi connectivity index (χ4v) is 4.82. The number of alkyl halides is 1. The van der Waals surface area contributed by atoms with E-state index >= 15 is 0 Å². The smallest absolute Gasteiger partial charge is 0.277 e. The van der Waals surface area contributed by atoms with Crippen LogP contribution in [0, 0.1) is 11.6 Å². The molecule has 2 fully saturated rings. The van der Waals surface area contributed by atoms with Gasteiger partial charge in [-0.3, -0.25) is 9.59 Å². The molecule has 4 aromatic rings. The highest BCUT2D eigenvalue weighted by molar-refractivity contribution is 6.02. The van der Waals surface area contributed by atoms with Crippen LogP contribution >= 0.6 is 0 Å². The molecule has 0 bridgehead atoms. The minimum absolute atomic E-state index is 0.0234. The Morgan fingerprint density at radius 2 is 1.92 bits per heavy atom. The zero-order valence-corrected chi connectivity index (χ0v) is 20.4. The molecule has 2 aliphatic heterocycles. The van der Waals surface area contributed by atoms with E-state index in [4.69, 9.17) is 0 Å². The molecule has 200 valence electrons. The number of nitrogens with zero attached hydrogens (tertiary/aromatic N) is 7. The zero-order valence-electron chi connectivity index (χ0n) is 20.4. The molecule has 2 amide bonds. The lowest BCUT2D eigenvalue weighted by Gasteiger charge is -2.27. The lowest BCUT2D eigenvalue weighted by atomic mass is 10.0. The Labute approximate surface area is 219 Å². The molecule has 14 heteroatoms. The summed E-state index contributed by atoms with van der Waals surface area (Å²) >= 11 is 0. The molecule has 0 aliphatic carbocycles. The number of imidazole rings is 1. The van der Waals surface area contributed by atoms with Gasteiger partial charge in [0, 0.05) is 25.1 Å². The third-order valence-electron chi connectivity index (χ3n) is 6.68. The normalized spacial score (nSPS) is 19.4. The number of carbonyl (C=O) groups is 2. The van der Waals surface area contributed by atoms with Crippen molar-refractivity contribution in [3.8, 4) is 0 Å². The molecule has 5 heterocycles. The van der Waals surface area contributed by atoms with E-state index in [0.29, 0.717) is 30.4 Å². The van der Waals surface area contributed by atoms with Gasteiger partial charge in [-0.15, -0.1) is 5.10 Å². The zero-order chi connectivity index (χ0) is 27.1. The first-order chi connectivity index (χ1) is 18.9. The molecule has 2 aliphatic rings. The number of carbonyl (C=O) groups excluding carboxylic acids is 2. The molecule has 2 atom stereocenters. The second-order valence-corrected chi connectivity index (χ2v) is 9.26. The predicted octanol–water partition coefficient (Wildman–Crippen LogP) is 2.28. The van der Waals surface area contributed by atoms with Gasteiger partial charge in [0.2, 0.25) is 5.91 Å². The Bertz CT molecular complexity index is 1560. The molecule has 0 unspecified atom stereocenters. The number of benzene rings is 1. The molecule has 0 radical (unpaired) electrons. The lowest BCUT2D eigenvalue weighted by Crippen LogP contribution is -2.48. The van der Waals surface area contributed by atoms with Crippen LogP contribution in [0.3, 0.4) is 0 Å². The number of anilines is 3. The molecule has 0 spiro atoms. The molecular weight excluding hydrogens is 515 g/mol. The average molecular weight is 538 g/mol. The summed E-state index contributed by atoms with van der Waals surface area (Å²) in [6.45, 7) is 1.17. The second-order valence-electron chi connectivity index (χ2n) is 9.26. The van der Waals surface area contributed by atoms with E-state index in [1.807, 2.05) is 0 Å². The summed E-state index contributed by atoms with van der Waals surface area (Å²) < 4.78 is 44.2. The van der Waals surface area contributed by atoms with E-state index < -0.39 is 29.8 Å². The van der Waals surface area contributed by atoms with Crippen LogP contribution in [-0.4, -0.2) is 68.7 Å². The maximum absolute atomic E-state index is 14.5. The van der Waals surface area contributed by atoms with Crippen molar-refractivity contribution in [2.24, 2.45) is 0 Å². The summed E-state index contributed by atoms with van der Waals surface area (Å²) in [7, 11) is 0. The van der Waals surface area contributed by atoms with Gasteiger partial charge in [-0.2, -0.15) is 4.52 Å². The molecule has 2 N–H and O–H groups in total. The van der Waals surface area contributed by atoms with Gasteiger partial charge >= 0.3 is 0 Å². The number of aromatic nitrogens is 5. The number of amides is 2. The second kappa shape index (κ2) is 9.85.